The maximum Gasteiger partial charge on any atom is 0.0965 e. The van der Waals surface area contributed by atoms with E-state index >= 15 is 0 Å². The first kappa shape index (κ1) is 14.0. The van der Waals surface area contributed by atoms with Gasteiger partial charge in [-0.1, -0.05) is 36.4 Å². The Morgan fingerprint density at radius 3 is 2.64 bits per heavy atom. The third kappa shape index (κ3) is 2.87. The van der Waals surface area contributed by atoms with Crippen molar-refractivity contribution in [3.05, 3.63) is 78.1 Å². The SMILES string of the molecule is Cn1cc(C/C(C#N)=C\Nc2ccccc2)c2ccccc21. The summed E-state index contributed by atoms with van der Waals surface area (Å²) in [6, 6.07) is 20.4. The van der Waals surface area contributed by atoms with Gasteiger partial charge in [0.25, 0.3) is 0 Å². The van der Waals surface area contributed by atoms with Crippen molar-refractivity contribution < 1.29 is 0 Å². The van der Waals surface area contributed by atoms with Gasteiger partial charge in [-0.25, -0.2) is 0 Å². The lowest BCUT2D eigenvalue weighted by atomic mass is 10.1. The topological polar surface area (TPSA) is 40.8 Å². The van der Waals surface area contributed by atoms with E-state index in [9.17, 15) is 5.26 Å². The zero-order valence-electron chi connectivity index (χ0n) is 12.5. The van der Waals surface area contributed by atoms with E-state index in [4.69, 9.17) is 0 Å². The highest BCUT2D eigenvalue weighted by Gasteiger charge is 2.07. The predicted molar refractivity (Wildman–Crippen MR) is 90.4 cm³/mol. The number of aromatic nitrogens is 1. The fourth-order valence-corrected chi connectivity index (χ4v) is 2.60. The van der Waals surface area contributed by atoms with Crippen LogP contribution in [0.5, 0.6) is 0 Å². The van der Waals surface area contributed by atoms with Crippen LogP contribution in [-0.2, 0) is 13.5 Å². The van der Waals surface area contributed by atoms with Crippen LogP contribution in [0.15, 0.2) is 72.6 Å². The van der Waals surface area contributed by atoms with Gasteiger partial charge in [-0.15, -0.1) is 0 Å². The fraction of sp³-hybridized carbons (Fsp3) is 0.105. The quantitative estimate of drug-likeness (QED) is 0.729. The lowest BCUT2D eigenvalue weighted by Gasteiger charge is -2.02. The number of fused-ring (bicyclic) bond motifs is 1. The smallest absolute Gasteiger partial charge is 0.0965 e. The molecule has 0 spiro atoms. The number of benzene rings is 2. The molecule has 2 aromatic carbocycles. The Labute approximate surface area is 130 Å². The molecule has 1 heterocycles. The van der Waals surface area contributed by atoms with Crippen LogP contribution >= 0.6 is 0 Å². The van der Waals surface area contributed by atoms with Crippen molar-refractivity contribution in [3.8, 4) is 6.07 Å². The summed E-state index contributed by atoms with van der Waals surface area (Å²) < 4.78 is 2.10. The van der Waals surface area contributed by atoms with Crippen LogP contribution in [0.2, 0.25) is 0 Å². The lowest BCUT2D eigenvalue weighted by molar-refractivity contribution is 0.958. The Bertz CT molecular complexity index is 851. The summed E-state index contributed by atoms with van der Waals surface area (Å²) in [5.41, 5.74) is 4.04. The second-order valence-corrected chi connectivity index (χ2v) is 5.25. The van der Waals surface area contributed by atoms with Gasteiger partial charge in [0, 0.05) is 48.0 Å². The average molecular weight is 287 g/mol. The molecule has 3 nitrogen and oxygen atoms in total. The van der Waals surface area contributed by atoms with Crippen LogP contribution < -0.4 is 5.32 Å². The van der Waals surface area contributed by atoms with E-state index in [2.05, 4.69) is 34.3 Å². The number of hydrogen-bond acceptors (Lipinski definition) is 2. The summed E-state index contributed by atoms with van der Waals surface area (Å²) in [5, 5.41) is 13.8. The normalized spacial score (nSPS) is 11.4. The summed E-state index contributed by atoms with van der Waals surface area (Å²) in [4.78, 5) is 0. The zero-order valence-corrected chi connectivity index (χ0v) is 12.5. The maximum absolute atomic E-state index is 9.38. The van der Waals surface area contributed by atoms with Crippen LogP contribution in [0.3, 0.4) is 0 Å². The zero-order chi connectivity index (χ0) is 15.4. The van der Waals surface area contributed by atoms with Crippen molar-refractivity contribution in [2.24, 2.45) is 7.05 Å². The largest absolute Gasteiger partial charge is 0.361 e. The van der Waals surface area contributed by atoms with Crippen LogP contribution in [0.1, 0.15) is 5.56 Å². The van der Waals surface area contributed by atoms with Crippen LogP contribution in [0.25, 0.3) is 10.9 Å². The first-order chi connectivity index (χ1) is 10.8. The lowest BCUT2D eigenvalue weighted by Crippen LogP contribution is -1.94. The molecular formula is C19H17N3. The van der Waals surface area contributed by atoms with E-state index < -0.39 is 0 Å². The van der Waals surface area contributed by atoms with Crippen molar-refractivity contribution in [2.45, 2.75) is 6.42 Å². The highest BCUT2D eigenvalue weighted by molar-refractivity contribution is 5.84. The molecule has 0 aliphatic rings. The van der Waals surface area contributed by atoms with Gasteiger partial charge in [0.15, 0.2) is 0 Å². The minimum absolute atomic E-state index is 0.623. The van der Waals surface area contributed by atoms with Crippen molar-refractivity contribution in [3.63, 3.8) is 0 Å². The number of nitrogens with one attached hydrogen (secondary N) is 1. The van der Waals surface area contributed by atoms with Crippen molar-refractivity contribution >= 4 is 16.6 Å². The van der Waals surface area contributed by atoms with E-state index in [1.165, 1.54) is 16.5 Å². The number of anilines is 1. The molecule has 0 saturated heterocycles. The minimum Gasteiger partial charge on any atom is -0.361 e. The van der Waals surface area contributed by atoms with Crippen LogP contribution in [0.4, 0.5) is 5.69 Å². The molecule has 3 heteroatoms. The molecule has 0 bridgehead atoms. The molecule has 108 valence electrons. The molecule has 1 aromatic heterocycles. The molecule has 0 amide bonds. The Balaban J connectivity index is 1.84. The number of nitriles is 1. The molecule has 22 heavy (non-hydrogen) atoms. The number of nitrogens with zero attached hydrogens (tertiary/aromatic N) is 2. The van der Waals surface area contributed by atoms with Crippen molar-refractivity contribution in [1.82, 2.24) is 4.57 Å². The summed E-state index contributed by atoms with van der Waals surface area (Å²) in [7, 11) is 2.03. The Hall–Kier alpha value is -2.99. The highest BCUT2D eigenvalue weighted by atomic mass is 14.9. The Kier molecular flexibility index (Phi) is 3.93. The second kappa shape index (κ2) is 6.19. The van der Waals surface area contributed by atoms with E-state index in [1.54, 1.807) is 6.20 Å². The molecule has 1 N–H and O–H groups in total. The number of rotatable bonds is 4. The molecule has 0 saturated carbocycles. The van der Waals surface area contributed by atoms with Gasteiger partial charge in [0.05, 0.1) is 6.07 Å². The number of allylic oxidation sites excluding steroid dienone is 1. The third-order valence-electron chi connectivity index (χ3n) is 3.69. The van der Waals surface area contributed by atoms with E-state index in [0.29, 0.717) is 12.0 Å². The standard InChI is InChI=1S/C19H17N3/c1-22-14-16(18-9-5-6-10-19(18)22)11-15(12-20)13-21-17-7-3-2-4-8-17/h2-10,13-14,21H,11H2,1H3/b15-13+. The molecule has 3 rings (SSSR count). The van der Waals surface area contributed by atoms with Gasteiger partial charge in [0.2, 0.25) is 0 Å². The summed E-state index contributed by atoms with van der Waals surface area (Å²) in [6.07, 6.45) is 4.51. The molecule has 0 unspecified atom stereocenters. The molecule has 0 radical (unpaired) electrons. The molecule has 0 atom stereocenters. The highest BCUT2D eigenvalue weighted by Crippen LogP contribution is 2.22. The summed E-state index contributed by atoms with van der Waals surface area (Å²) in [5.74, 6) is 0. The van der Waals surface area contributed by atoms with Gasteiger partial charge in [-0.2, -0.15) is 5.26 Å². The van der Waals surface area contributed by atoms with E-state index in [1.807, 2.05) is 49.5 Å². The Morgan fingerprint density at radius 2 is 1.86 bits per heavy atom. The molecular weight excluding hydrogens is 270 g/mol. The van der Waals surface area contributed by atoms with Gasteiger partial charge >= 0.3 is 0 Å². The van der Waals surface area contributed by atoms with Gasteiger partial charge < -0.3 is 9.88 Å². The minimum atomic E-state index is 0.623. The van der Waals surface area contributed by atoms with Crippen molar-refractivity contribution in [1.29, 1.82) is 5.26 Å². The van der Waals surface area contributed by atoms with Crippen molar-refractivity contribution in [2.75, 3.05) is 5.32 Å². The van der Waals surface area contributed by atoms with Crippen LogP contribution in [-0.4, -0.2) is 4.57 Å². The number of hydrogen-bond donors (Lipinski definition) is 1. The number of aryl methyl sites for hydroxylation is 1. The Morgan fingerprint density at radius 1 is 1.14 bits per heavy atom. The fourth-order valence-electron chi connectivity index (χ4n) is 2.60. The van der Waals surface area contributed by atoms with Crippen LogP contribution in [0, 0.1) is 11.3 Å². The molecule has 0 aliphatic carbocycles. The van der Waals surface area contributed by atoms with Gasteiger partial charge in [-0.05, 0) is 23.8 Å². The summed E-state index contributed by atoms with van der Waals surface area (Å²) >= 11 is 0. The third-order valence-corrected chi connectivity index (χ3v) is 3.69. The second-order valence-electron chi connectivity index (χ2n) is 5.25. The monoisotopic (exact) mass is 287 g/mol. The van der Waals surface area contributed by atoms with E-state index in [-0.39, 0.29) is 0 Å². The summed E-state index contributed by atoms with van der Waals surface area (Å²) in [6.45, 7) is 0. The van der Waals surface area contributed by atoms with Gasteiger partial charge in [-0.3, -0.25) is 0 Å². The molecule has 0 fully saturated rings. The van der Waals surface area contributed by atoms with Gasteiger partial charge in [0.1, 0.15) is 0 Å². The number of para-hydroxylation sites is 2. The van der Waals surface area contributed by atoms with E-state index in [0.717, 1.165) is 5.69 Å². The average Bonchev–Trinajstić information content (AvgIpc) is 2.89. The maximum atomic E-state index is 9.38. The molecule has 3 aromatic rings. The first-order valence-corrected chi connectivity index (χ1v) is 7.21. The molecule has 0 aliphatic heterocycles. The predicted octanol–water partition coefficient (Wildman–Crippen LogP) is 4.24. The first-order valence-electron chi connectivity index (χ1n) is 7.21.